The maximum atomic E-state index is 11.8. The number of amides is 1. The van der Waals surface area contributed by atoms with Crippen LogP contribution in [0.15, 0.2) is 35.3 Å². The summed E-state index contributed by atoms with van der Waals surface area (Å²) in [5.74, 6) is 0.0936. The monoisotopic (exact) mass is 309 g/mol. The molecule has 3 heteroatoms. The molecule has 0 fully saturated rings. The van der Waals surface area contributed by atoms with Gasteiger partial charge < -0.3 is 4.90 Å². The van der Waals surface area contributed by atoms with E-state index in [1.165, 1.54) is 0 Å². The molecule has 0 atom stereocenters. The number of nitrogens with zero attached hydrogens (tertiary/aromatic N) is 1. The molecule has 1 amide bonds. The molecule has 2 nitrogen and oxygen atoms in total. The van der Waals surface area contributed by atoms with Crippen molar-refractivity contribution >= 4 is 27.5 Å². The zero-order valence-electron chi connectivity index (χ0n) is 11.1. The Hall–Kier alpha value is -1.09. The number of hydrogen-bond acceptors (Lipinski definition) is 1. The average molecular weight is 310 g/mol. The second kappa shape index (κ2) is 7.37. The van der Waals surface area contributed by atoms with Gasteiger partial charge in [-0.2, -0.15) is 0 Å². The molecule has 0 saturated carbocycles. The zero-order valence-corrected chi connectivity index (χ0v) is 12.7. The predicted octanol–water partition coefficient (Wildman–Crippen LogP) is 4.33. The fourth-order valence-electron chi connectivity index (χ4n) is 1.90. The van der Waals surface area contributed by atoms with Gasteiger partial charge in [-0.1, -0.05) is 35.4 Å². The standard InChI is InChI=1S/C15H20BrNO/c1-4-6-10-17(12(3)18)15-9-8-14(16)11-13(15)7-5-2/h5,8-9,11H,2,4,6-7,10H2,1,3H3. The van der Waals surface area contributed by atoms with Crippen molar-refractivity contribution in [3.05, 3.63) is 40.9 Å². The molecule has 0 aromatic heterocycles. The van der Waals surface area contributed by atoms with Crippen molar-refractivity contribution in [2.45, 2.75) is 33.1 Å². The molecule has 18 heavy (non-hydrogen) atoms. The van der Waals surface area contributed by atoms with Crippen LogP contribution in [-0.4, -0.2) is 12.5 Å². The maximum Gasteiger partial charge on any atom is 0.223 e. The fourth-order valence-corrected chi connectivity index (χ4v) is 2.31. The van der Waals surface area contributed by atoms with Gasteiger partial charge in [-0.05, 0) is 36.6 Å². The van der Waals surface area contributed by atoms with E-state index in [-0.39, 0.29) is 5.91 Å². The van der Waals surface area contributed by atoms with Crippen LogP contribution in [0.1, 0.15) is 32.3 Å². The minimum absolute atomic E-state index is 0.0936. The summed E-state index contributed by atoms with van der Waals surface area (Å²) in [7, 11) is 0. The Kier molecular flexibility index (Phi) is 6.13. The van der Waals surface area contributed by atoms with Gasteiger partial charge in [0.2, 0.25) is 5.91 Å². The van der Waals surface area contributed by atoms with Gasteiger partial charge in [-0.3, -0.25) is 4.79 Å². The topological polar surface area (TPSA) is 20.3 Å². The molecule has 0 aliphatic heterocycles. The molecule has 0 spiro atoms. The Balaban J connectivity index is 3.09. The van der Waals surface area contributed by atoms with Crippen molar-refractivity contribution in [3.8, 4) is 0 Å². The third-order valence-electron chi connectivity index (χ3n) is 2.81. The summed E-state index contributed by atoms with van der Waals surface area (Å²) >= 11 is 3.47. The van der Waals surface area contributed by atoms with E-state index in [1.54, 1.807) is 6.92 Å². The first-order valence-electron chi connectivity index (χ1n) is 6.27. The highest BCUT2D eigenvalue weighted by Gasteiger charge is 2.14. The number of rotatable bonds is 6. The number of halogens is 1. The largest absolute Gasteiger partial charge is 0.312 e. The summed E-state index contributed by atoms with van der Waals surface area (Å²) in [4.78, 5) is 13.6. The number of hydrogen-bond donors (Lipinski definition) is 0. The highest BCUT2D eigenvalue weighted by Crippen LogP contribution is 2.26. The lowest BCUT2D eigenvalue weighted by Crippen LogP contribution is -2.30. The minimum Gasteiger partial charge on any atom is -0.312 e. The number of carbonyl (C=O) groups excluding carboxylic acids is 1. The molecule has 0 aliphatic rings. The number of carbonyl (C=O) groups is 1. The van der Waals surface area contributed by atoms with E-state index >= 15 is 0 Å². The van der Waals surface area contributed by atoms with E-state index < -0.39 is 0 Å². The van der Waals surface area contributed by atoms with Crippen LogP contribution in [0.3, 0.4) is 0 Å². The second-order valence-corrected chi connectivity index (χ2v) is 5.21. The van der Waals surface area contributed by atoms with E-state index in [0.717, 1.165) is 41.5 Å². The van der Waals surface area contributed by atoms with Crippen molar-refractivity contribution < 1.29 is 4.79 Å². The van der Waals surface area contributed by atoms with Crippen LogP contribution in [0.4, 0.5) is 5.69 Å². The smallest absolute Gasteiger partial charge is 0.223 e. The Morgan fingerprint density at radius 3 is 2.78 bits per heavy atom. The molecule has 0 radical (unpaired) electrons. The molecule has 0 bridgehead atoms. The Morgan fingerprint density at radius 1 is 1.50 bits per heavy atom. The predicted molar refractivity (Wildman–Crippen MR) is 81.0 cm³/mol. The Bertz CT molecular complexity index is 429. The molecule has 0 unspecified atom stereocenters. The van der Waals surface area contributed by atoms with Crippen molar-refractivity contribution in [2.75, 3.05) is 11.4 Å². The van der Waals surface area contributed by atoms with Gasteiger partial charge in [-0.15, -0.1) is 6.58 Å². The van der Waals surface area contributed by atoms with E-state index in [2.05, 4.69) is 35.5 Å². The first kappa shape index (κ1) is 15.0. The lowest BCUT2D eigenvalue weighted by atomic mass is 10.1. The van der Waals surface area contributed by atoms with Crippen LogP contribution in [0.25, 0.3) is 0 Å². The first-order valence-corrected chi connectivity index (χ1v) is 7.06. The van der Waals surface area contributed by atoms with Gasteiger partial charge in [0.1, 0.15) is 0 Å². The summed E-state index contributed by atoms with van der Waals surface area (Å²) < 4.78 is 1.03. The van der Waals surface area contributed by atoms with Gasteiger partial charge >= 0.3 is 0 Å². The van der Waals surface area contributed by atoms with E-state index in [9.17, 15) is 4.79 Å². The third-order valence-corrected chi connectivity index (χ3v) is 3.31. The van der Waals surface area contributed by atoms with Crippen molar-refractivity contribution in [2.24, 2.45) is 0 Å². The van der Waals surface area contributed by atoms with Crippen LogP contribution in [0.5, 0.6) is 0 Å². The quantitative estimate of drug-likeness (QED) is 0.716. The molecule has 1 rings (SSSR count). The fraction of sp³-hybridized carbons (Fsp3) is 0.400. The van der Waals surface area contributed by atoms with Crippen LogP contribution in [-0.2, 0) is 11.2 Å². The number of allylic oxidation sites excluding steroid dienone is 1. The van der Waals surface area contributed by atoms with Crippen molar-refractivity contribution in [3.63, 3.8) is 0 Å². The van der Waals surface area contributed by atoms with E-state index in [1.807, 2.05) is 23.1 Å². The summed E-state index contributed by atoms with van der Waals surface area (Å²) in [5, 5.41) is 0. The number of anilines is 1. The summed E-state index contributed by atoms with van der Waals surface area (Å²) in [6.07, 6.45) is 4.73. The molecule has 1 aromatic carbocycles. The highest BCUT2D eigenvalue weighted by atomic mass is 79.9. The summed E-state index contributed by atoms with van der Waals surface area (Å²) in [5.41, 5.74) is 2.13. The van der Waals surface area contributed by atoms with Gasteiger partial charge in [0, 0.05) is 23.6 Å². The summed E-state index contributed by atoms with van der Waals surface area (Å²) in [6, 6.07) is 6.03. The molecule has 1 aromatic rings. The molecular formula is C15H20BrNO. The maximum absolute atomic E-state index is 11.8. The SMILES string of the molecule is C=CCc1cc(Br)ccc1N(CCCC)C(C)=O. The average Bonchev–Trinajstić information content (AvgIpc) is 2.32. The van der Waals surface area contributed by atoms with Gasteiger partial charge in [0.15, 0.2) is 0 Å². The van der Waals surface area contributed by atoms with Gasteiger partial charge in [-0.25, -0.2) is 0 Å². The van der Waals surface area contributed by atoms with E-state index in [0.29, 0.717) is 0 Å². The molecule has 0 heterocycles. The lowest BCUT2D eigenvalue weighted by Gasteiger charge is -2.24. The van der Waals surface area contributed by atoms with Crippen LogP contribution in [0.2, 0.25) is 0 Å². The molecule has 98 valence electrons. The molecule has 0 N–H and O–H groups in total. The van der Waals surface area contributed by atoms with Gasteiger partial charge in [0.05, 0.1) is 0 Å². The lowest BCUT2D eigenvalue weighted by molar-refractivity contribution is -0.116. The van der Waals surface area contributed by atoms with Gasteiger partial charge in [0.25, 0.3) is 0 Å². The molecule has 0 aliphatic carbocycles. The normalized spacial score (nSPS) is 10.2. The Labute approximate surface area is 118 Å². The van der Waals surface area contributed by atoms with Crippen LogP contribution in [0, 0.1) is 0 Å². The zero-order chi connectivity index (χ0) is 13.5. The van der Waals surface area contributed by atoms with Crippen LogP contribution >= 0.6 is 15.9 Å². The van der Waals surface area contributed by atoms with Crippen molar-refractivity contribution in [1.29, 1.82) is 0 Å². The van der Waals surface area contributed by atoms with Crippen LogP contribution < -0.4 is 4.90 Å². The van der Waals surface area contributed by atoms with Crippen molar-refractivity contribution in [1.82, 2.24) is 0 Å². The first-order chi connectivity index (χ1) is 8.60. The number of benzene rings is 1. The second-order valence-electron chi connectivity index (χ2n) is 4.29. The minimum atomic E-state index is 0.0936. The highest BCUT2D eigenvalue weighted by molar-refractivity contribution is 9.10. The third kappa shape index (κ3) is 3.98. The molecule has 0 saturated heterocycles. The number of unbranched alkanes of at least 4 members (excludes halogenated alkanes) is 1. The Morgan fingerprint density at radius 2 is 2.22 bits per heavy atom. The van der Waals surface area contributed by atoms with E-state index in [4.69, 9.17) is 0 Å². The molecular weight excluding hydrogens is 290 g/mol. The summed E-state index contributed by atoms with van der Waals surface area (Å²) in [6.45, 7) is 8.30.